The molecule has 0 radical (unpaired) electrons. The van der Waals surface area contributed by atoms with Crippen LogP contribution in [0.1, 0.15) is 10.4 Å². The van der Waals surface area contributed by atoms with E-state index in [0.717, 1.165) is 0 Å². The minimum atomic E-state index is -0.306. The number of halogens is 2. The molecule has 0 atom stereocenters. The molecule has 2 heterocycles. The van der Waals surface area contributed by atoms with E-state index in [2.05, 4.69) is 9.97 Å². The third-order valence-electron chi connectivity index (χ3n) is 4.29. The molecule has 0 aliphatic rings. The lowest BCUT2D eigenvalue weighted by molar-refractivity contribution is 0.102. The van der Waals surface area contributed by atoms with Crippen LogP contribution in [0.4, 0.5) is 0 Å². The van der Waals surface area contributed by atoms with Crippen molar-refractivity contribution in [3.63, 3.8) is 0 Å². The highest BCUT2D eigenvalue weighted by Crippen LogP contribution is 2.23. The van der Waals surface area contributed by atoms with Gasteiger partial charge in [-0.2, -0.15) is 0 Å². The predicted octanol–water partition coefficient (Wildman–Crippen LogP) is 4.40. The van der Waals surface area contributed by atoms with Crippen molar-refractivity contribution in [1.82, 2.24) is 19.1 Å². The molecule has 0 N–H and O–H groups in total. The van der Waals surface area contributed by atoms with E-state index < -0.39 is 0 Å². The molecule has 0 fully saturated rings. The van der Waals surface area contributed by atoms with Crippen molar-refractivity contribution in [3.05, 3.63) is 80.8 Å². The molecule has 6 nitrogen and oxygen atoms in total. The average Bonchev–Trinajstić information content (AvgIpc) is 3.09. The lowest BCUT2D eigenvalue weighted by Gasteiger charge is -2.12. The first-order valence-electron chi connectivity index (χ1n) is 8.55. The maximum Gasteiger partial charge on any atom is 0.286 e. The highest BCUT2D eigenvalue weighted by molar-refractivity contribution is 7.99. The summed E-state index contributed by atoms with van der Waals surface area (Å²) in [7, 11) is 1.77. The molecule has 4 aromatic rings. The number of imidazole rings is 1. The number of ketones is 1. The fourth-order valence-electron chi connectivity index (χ4n) is 2.80. The minimum absolute atomic E-state index is 0.0892. The van der Waals surface area contributed by atoms with Gasteiger partial charge in [0.2, 0.25) is 0 Å². The number of Topliss-reactive ketones (excluding diaryl/α,β-unsaturated/α-hetero) is 1. The van der Waals surface area contributed by atoms with Crippen molar-refractivity contribution >= 4 is 51.9 Å². The van der Waals surface area contributed by atoms with Gasteiger partial charge in [0.25, 0.3) is 5.56 Å². The standard InChI is InChI=1S/C20H14Cl2N4O2S/c1-25-11-23-17-18(25)24-20(26(19(17)28)15-8-6-14(22)7-9-15)29-10-16(27)12-2-4-13(21)5-3-12/h2-9,11H,10H2,1H3. The van der Waals surface area contributed by atoms with Crippen LogP contribution in [-0.2, 0) is 7.05 Å². The molecule has 146 valence electrons. The Bertz CT molecular complexity index is 1260. The van der Waals surface area contributed by atoms with E-state index in [1.165, 1.54) is 16.3 Å². The molecule has 0 bridgehead atoms. The number of fused-ring (bicyclic) bond motifs is 1. The summed E-state index contributed by atoms with van der Waals surface area (Å²) in [6.07, 6.45) is 1.54. The second-order valence-electron chi connectivity index (χ2n) is 6.26. The molecular formula is C20H14Cl2N4O2S. The summed E-state index contributed by atoms with van der Waals surface area (Å²) in [5.74, 6) is 0.0269. The number of rotatable bonds is 5. The van der Waals surface area contributed by atoms with Crippen LogP contribution in [0.25, 0.3) is 16.9 Å². The third-order valence-corrected chi connectivity index (χ3v) is 5.73. The fourth-order valence-corrected chi connectivity index (χ4v) is 3.95. The lowest BCUT2D eigenvalue weighted by atomic mass is 10.1. The van der Waals surface area contributed by atoms with Gasteiger partial charge in [-0.3, -0.25) is 14.2 Å². The van der Waals surface area contributed by atoms with Crippen LogP contribution < -0.4 is 5.56 Å². The van der Waals surface area contributed by atoms with Gasteiger partial charge in [0, 0.05) is 22.7 Å². The number of hydrogen-bond donors (Lipinski definition) is 0. The second-order valence-corrected chi connectivity index (χ2v) is 8.07. The molecule has 0 spiro atoms. The normalized spacial score (nSPS) is 11.1. The predicted molar refractivity (Wildman–Crippen MR) is 116 cm³/mol. The Kier molecular flexibility index (Phi) is 5.45. The smallest absolute Gasteiger partial charge is 0.286 e. The molecule has 0 amide bonds. The molecule has 2 aromatic carbocycles. The van der Waals surface area contributed by atoms with E-state index in [4.69, 9.17) is 23.2 Å². The van der Waals surface area contributed by atoms with Gasteiger partial charge >= 0.3 is 0 Å². The Morgan fingerprint density at radius 2 is 1.66 bits per heavy atom. The van der Waals surface area contributed by atoms with Gasteiger partial charge in [-0.05, 0) is 48.5 Å². The summed E-state index contributed by atoms with van der Waals surface area (Å²) in [5, 5.41) is 1.52. The van der Waals surface area contributed by atoms with E-state index >= 15 is 0 Å². The average molecular weight is 445 g/mol. The zero-order valence-corrected chi connectivity index (χ0v) is 17.5. The maximum atomic E-state index is 13.1. The summed E-state index contributed by atoms with van der Waals surface area (Å²) < 4.78 is 3.12. The molecule has 0 unspecified atom stereocenters. The van der Waals surface area contributed by atoms with Crippen LogP contribution in [0.5, 0.6) is 0 Å². The summed E-state index contributed by atoms with van der Waals surface area (Å²) in [6.45, 7) is 0. The molecule has 29 heavy (non-hydrogen) atoms. The molecule has 0 saturated heterocycles. The van der Waals surface area contributed by atoms with Crippen molar-refractivity contribution in [1.29, 1.82) is 0 Å². The number of hydrogen-bond acceptors (Lipinski definition) is 5. The SMILES string of the molecule is Cn1cnc2c(=O)n(-c3ccc(Cl)cc3)c(SCC(=O)c3ccc(Cl)cc3)nc21. The highest BCUT2D eigenvalue weighted by Gasteiger charge is 2.18. The van der Waals surface area contributed by atoms with Gasteiger partial charge in [-0.25, -0.2) is 9.97 Å². The first kappa shape index (κ1) is 19.7. The summed E-state index contributed by atoms with van der Waals surface area (Å²) in [6, 6.07) is 13.5. The number of benzene rings is 2. The molecule has 4 rings (SSSR count). The van der Waals surface area contributed by atoms with Crippen LogP contribution in [0.15, 0.2) is 64.8 Å². The Hall–Kier alpha value is -2.61. The van der Waals surface area contributed by atoms with Crippen molar-refractivity contribution in [2.24, 2.45) is 7.05 Å². The van der Waals surface area contributed by atoms with E-state index in [9.17, 15) is 9.59 Å². The van der Waals surface area contributed by atoms with E-state index in [0.29, 0.717) is 32.1 Å². The zero-order chi connectivity index (χ0) is 20.5. The third kappa shape index (κ3) is 3.94. The molecule has 0 aliphatic heterocycles. The van der Waals surface area contributed by atoms with Crippen LogP contribution in [0, 0.1) is 0 Å². The minimum Gasteiger partial charge on any atom is -0.318 e. The van der Waals surface area contributed by atoms with E-state index in [-0.39, 0.29) is 22.6 Å². The van der Waals surface area contributed by atoms with E-state index in [1.807, 2.05) is 0 Å². The summed E-state index contributed by atoms with van der Waals surface area (Å²) in [4.78, 5) is 34.4. The van der Waals surface area contributed by atoms with Crippen molar-refractivity contribution in [3.8, 4) is 5.69 Å². The molecule has 2 aromatic heterocycles. The van der Waals surface area contributed by atoms with Gasteiger partial charge in [-0.1, -0.05) is 35.0 Å². The van der Waals surface area contributed by atoms with Crippen molar-refractivity contribution in [2.75, 3.05) is 5.75 Å². The van der Waals surface area contributed by atoms with Gasteiger partial charge in [0.1, 0.15) is 0 Å². The lowest BCUT2D eigenvalue weighted by Crippen LogP contribution is -2.22. The zero-order valence-electron chi connectivity index (χ0n) is 15.2. The molecule has 9 heteroatoms. The first-order valence-corrected chi connectivity index (χ1v) is 10.3. The Labute approximate surface area is 180 Å². The quantitative estimate of drug-likeness (QED) is 0.259. The largest absolute Gasteiger partial charge is 0.318 e. The van der Waals surface area contributed by atoms with Crippen molar-refractivity contribution in [2.45, 2.75) is 5.16 Å². The van der Waals surface area contributed by atoms with Crippen LogP contribution >= 0.6 is 35.0 Å². The molecule has 0 saturated carbocycles. The number of thioether (sulfide) groups is 1. The highest BCUT2D eigenvalue weighted by atomic mass is 35.5. The topological polar surface area (TPSA) is 69.8 Å². The summed E-state index contributed by atoms with van der Waals surface area (Å²) >= 11 is 13.1. The number of aryl methyl sites for hydroxylation is 1. The van der Waals surface area contributed by atoms with Gasteiger partial charge in [0.05, 0.1) is 17.8 Å². The van der Waals surface area contributed by atoms with Crippen LogP contribution in [0.2, 0.25) is 10.0 Å². The Balaban J connectivity index is 1.75. The molecule has 0 aliphatic carbocycles. The summed E-state index contributed by atoms with van der Waals surface area (Å²) in [5.41, 5.74) is 1.56. The molecular weight excluding hydrogens is 431 g/mol. The van der Waals surface area contributed by atoms with Gasteiger partial charge < -0.3 is 4.57 Å². The fraction of sp³-hybridized carbons (Fsp3) is 0.100. The van der Waals surface area contributed by atoms with Crippen LogP contribution in [-0.4, -0.2) is 30.6 Å². The maximum absolute atomic E-state index is 13.1. The Morgan fingerprint density at radius 1 is 1.03 bits per heavy atom. The number of carbonyl (C=O) groups excluding carboxylic acids is 1. The van der Waals surface area contributed by atoms with Gasteiger partial charge in [0.15, 0.2) is 22.1 Å². The number of nitrogens with zero attached hydrogens (tertiary/aromatic N) is 4. The van der Waals surface area contributed by atoms with Crippen LogP contribution in [0.3, 0.4) is 0 Å². The van der Waals surface area contributed by atoms with Crippen molar-refractivity contribution < 1.29 is 4.79 Å². The monoisotopic (exact) mass is 444 g/mol. The number of carbonyl (C=O) groups is 1. The van der Waals surface area contributed by atoms with E-state index in [1.54, 1.807) is 66.5 Å². The number of aromatic nitrogens is 4. The Morgan fingerprint density at radius 3 is 2.31 bits per heavy atom. The van der Waals surface area contributed by atoms with Gasteiger partial charge in [-0.15, -0.1) is 0 Å². The first-order chi connectivity index (χ1) is 13.9. The second kappa shape index (κ2) is 8.02.